The van der Waals surface area contributed by atoms with Crippen molar-refractivity contribution in [1.82, 2.24) is 4.57 Å². The van der Waals surface area contributed by atoms with E-state index in [0.717, 1.165) is 28.9 Å². The van der Waals surface area contributed by atoms with Crippen LogP contribution in [0.3, 0.4) is 0 Å². The summed E-state index contributed by atoms with van der Waals surface area (Å²) in [6.07, 6.45) is -1.70. The Morgan fingerprint density at radius 3 is 2.33 bits per heavy atom. The van der Waals surface area contributed by atoms with E-state index >= 15 is 0 Å². The highest BCUT2D eigenvalue weighted by Gasteiger charge is 2.31. The third-order valence-electron chi connectivity index (χ3n) is 6.42. The molecule has 0 atom stereocenters. The molecule has 1 aromatic heterocycles. The van der Waals surface area contributed by atoms with Gasteiger partial charge in [-0.2, -0.15) is 0 Å². The number of hydrogen-bond donors (Lipinski definition) is 0. The van der Waals surface area contributed by atoms with Crippen molar-refractivity contribution in [3.8, 4) is 11.5 Å². The summed E-state index contributed by atoms with van der Waals surface area (Å²) in [5, 5.41) is 0.514. The second-order valence-corrected chi connectivity index (χ2v) is 8.98. The number of aromatic nitrogens is 1. The van der Waals surface area contributed by atoms with Gasteiger partial charge >= 0.3 is 6.36 Å². The summed E-state index contributed by atoms with van der Waals surface area (Å²) < 4.78 is 55.6. The van der Waals surface area contributed by atoms with Gasteiger partial charge in [-0.15, -0.1) is 13.2 Å². The molecule has 0 saturated heterocycles. The molecule has 5 nitrogen and oxygen atoms in total. The van der Waals surface area contributed by atoms with Gasteiger partial charge in [0.25, 0.3) is 5.91 Å². The molecule has 0 amide bonds. The molecular weight excluding hydrogens is 507 g/mol. The van der Waals surface area contributed by atoms with E-state index in [1.807, 2.05) is 44.2 Å². The zero-order valence-electron chi connectivity index (χ0n) is 22.3. The normalized spacial score (nSPS) is 12.0. The molecule has 0 N–H and O–H groups in total. The lowest BCUT2D eigenvalue weighted by atomic mass is 10.00. The number of methoxy groups -OCH3 is 1. The number of hydrogen-bond acceptors (Lipinski definition) is 4. The van der Waals surface area contributed by atoms with Crippen LogP contribution in [0.5, 0.6) is 11.5 Å². The van der Waals surface area contributed by atoms with Gasteiger partial charge < -0.3 is 14.2 Å². The van der Waals surface area contributed by atoms with Crippen LogP contribution in [-0.2, 0) is 11.2 Å². The number of rotatable bonds is 9. The molecule has 0 fully saturated rings. The van der Waals surface area contributed by atoms with Gasteiger partial charge in [-0.3, -0.25) is 9.36 Å². The fourth-order valence-electron chi connectivity index (χ4n) is 4.62. The average molecular weight is 538 g/mol. The minimum absolute atomic E-state index is 0.295. The first kappa shape index (κ1) is 27.8. The van der Waals surface area contributed by atoms with Crippen molar-refractivity contribution in [2.75, 3.05) is 13.7 Å². The SMILES string of the molecule is CCOC(=Cc1cccc(Cc2c(C)n(C(=O)c3ccc(OC)cc3)c3ccc(OC(F)(F)F)cc23)c1)CC. The van der Waals surface area contributed by atoms with Crippen LogP contribution in [0.25, 0.3) is 17.0 Å². The molecule has 0 aliphatic carbocycles. The summed E-state index contributed by atoms with van der Waals surface area (Å²) in [4.78, 5) is 13.6. The Morgan fingerprint density at radius 2 is 1.69 bits per heavy atom. The van der Waals surface area contributed by atoms with E-state index in [2.05, 4.69) is 4.74 Å². The van der Waals surface area contributed by atoms with E-state index in [1.165, 1.54) is 29.9 Å². The number of ether oxygens (including phenoxy) is 3. The number of carbonyl (C=O) groups excluding carboxylic acids is 1. The van der Waals surface area contributed by atoms with Crippen LogP contribution in [-0.4, -0.2) is 30.6 Å². The number of halogens is 3. The molecule has 4 rings (SSSR count). The highest BCUT2D eigenvalue weighted by Crippen LogP contribution is 2.34. The number of carbonyl (C=O) groups is 1. The maximum Gasteiger partial charge on any atom is 0.573 e. The summed E-state index contributed by atoms with van der Waals surface area (Å²) in [5.41, 5.74) is 4.19. The Hall–Kier alpha value is -4.20. The smallest absolute Gasteiger partial charge is 0.498 e. The maximum atomic E-state index is 13.6. The molecule has 0 radical (unpaired) electrons. The van der Waals surface area contributed by atoms with Gasteiger partial charge in [0, 0.05) is 23.1 Å². The standard InChI is InChI=1S/C31H30F3NO4/c1-5-24(38-6-2)17-21-8-7-9-22(16-21)18-27-20(3)35(30(36)23-10-12-25(37-4)13-11-23)29-15-14-26(19-28(27)29)39-31(32,33)34/h7-17,19H,5-6,18H2,1-4H3. The van der Waals surface area contributed by atoms with E-state index in [9.17, 15) is 18.0 Å². The maximum absolute atomic E-state index is 13.6. The van der Waals surface area contributed by atoms with Crippen molar-refractivity contribution in [3.05, 3.63) is 100 Å². The largest absolute Gasteiger partial charge is 0.573 e. The van der Waals surface area contributed by atoms with E-state index in [1.54, 1.807) is 31.2 Å². The third kappa shape index (κ3) is 6.45. The quantitative estimate of drug-likeness (QED) is 0.204. The first-order chi connectivity index (χ1) is 18.6. The lowest BCUT2D eigenvalue weighted by Gasteiger charge is -2.10. The molecule has 4 aromatic rings. The van der Waals surface area contributed by atoms with Crippen molar-refractivity contribution in [2.45, 2.75) is 40.0 Å². The lowest BCUT2D eigenvalue weighted by Crippen LogP contribution is -2.17. The van der Waals surface area contributed by atoms with Gasteiger partial charge in [-0.25, -0.2) is 0 Å². The fourth-order valence-corrected chi connectivity index (χ4v) is 4.62. The second-order valence-electron chi connectivity index (χ2n) is 8.98. The Morgan fingerprint density at radius 1 is 0.974 bits per heavy atom. The first-order valence-corrected chi connectivity index (χ1v) is 12.6. The minimum atomic E-state index is -4.83. The summed E-state index contributed by atoms with van der Waals surface area (Å²) >= 11 is 0. The van der Waals surface area contributed by atoms with Crippen LogP contribution in [0.2, 0.25) is 0 Å². The number of alkyl halides is 3. The second kappa shape index (κ2) is 11.7. The molecule has 8 heteroatoms. The summed E-state index contributed by atoms with van der Waals surface area (Å²) in [5.74, 6) is 0.837. The molecule has 0 aliphatic heterocycles. The zero-order chi connectivity index (χ0) is 28.2. The van der Waals surface area contributed by atoms with Crippen LogP contribution < -0.4 is 9.47 Å². The van der Waals surface area contributed by atoms with Crippen LogP contribution in [0.4, 0.5) is 13.2 Å². The Balaban J connectivity index is 1.81. The van der Waals surface area contributed by atoms with Crippen molar-refractivity contribution in [3.63, 3.8) is 0 Å². The third-order valence-corrected chi connectivity index (χ3v) is 6.42. The molecule has 39 heavy (non-hydrogen) atoms. The average Bonchev–Trinajstić information content (AvgIpc) is 3.17. The number of fused-ring (bicyclic) bond motifs is 1. The summed E-state index contributed by atoms with van der Waals surface area (Å²) in [6, 6.07) is 18.6. The summed E-state index contributed by atoms with van der Waals surface area (Å²) in [6.45, 7) is 6.32. The van der Waals surface area contributed by atoms with Crippen molar-refractivity contribution in [2.24, 2.45) is 0 Å². The predicted molar refractivity (Wildman–Crippen MR) is 145 cm³/mol. The van der Waals surface area contributed by atoms with Crippen molar-refractivity contribution < 1.29 is 32.2 Å². The van der Waals surface area contributed by atoms with Crippen molar-refractivity contribution in [1.29, 1.82) is 0 Å². The highest BCUT2D eigenvalue weighted by atomic mass is 19.4. The number of allylic oxidation sites excluding steroid dienone is 1. The molecule has 0 saturated carbocycles. The zero-order valence-corrected chi connectivity index (χ0v) is 22.3. The molecule has 0 spiro atoms. The molecule has 0 unspecified atom stereocenters. The van der Waals surface area contributed by atoms with Gasteiger partial charge in [0.15, 0.2) is 0 Å². The van der Waals surface area contributed by atoms with E-state index in [0.29, 0.717) is 40.9 Å². The Labute approximate surface area is 225 Å². The van der Waals surface area contributed by atoms with Gasteiger partial charge in [0.1, 0.15) is 11.5 Å². The fraction of sp³-hybridized carbons (Fsp3) is 0.258. The monoisotopic (exact) mass is 537 g/mol. The van der Waals surface area contributed by atoms with E-state index in [-0.39, 0.29) is 11.7 Å². The Bertz CT molecular complexity index is 1500. The molecule has 0 aliphatic rings. The van der Waals surface area contributed by atoms with Gasteiger partial charge in [0.2, 0.25) is 0 Å². The highest BCUT2D eigenvalue weighted by molar-refractivity contribution is 6.04. The molecule has 1 heterocycles. The van der Waals surface area contributed by atoms with E-state index < -0.39 is 6.36 Å². The minimum Gasteiger partial charge on any atom is -0.498 e. The molecule has 3 aromatic carbocycles. The number of benzene rings is 3. The van der Waals surface area contributed by atoms with Crippen LogP contribution >= 0.6 is 0 Å². The first-order valence-electron chi connectivity index (χ1n) is 12.6. The van der Waals surface area contributed by atoms with Gasteiger partial charge in [-0.1, -0.05) is 31.2 Å². The van der Waals surface area contributed by atoms with E-state index in [4.69, 9.17) is 9.47 Å². The summed E-state index contributed by atoms with van der Waals surface area (Å²) in [7, 11) is 1.54. The van der Waals surface area contributed by atoms with Crippen LogP contribution in [0, 0.1) is 6.92 Å². The van der Waals surface area contributed by atoms with Gasteiger partial charge in [-0.05, 0) is 85.5 Å². The molecule has 204 valence electrons. The number of nitrogens with zero attached hydrogens (tertiary/aromatic N) is 1. The Kier molecular flexibility index (Phi) is 8.33. The predicted octanol–water partition coefficient (Wildman–Crippen LogP) is 7.92. The topological polar surface area (TPSA) is 49.7 Å². The van der Waals surface area contributed by atoms with Crippen LogP contribution in [0.15, 0.2) is 72.5 Å². The lowest BCUT2D eigenvalue weighted by molar-refractivity contribution is -0.274. The molecule has 0 bridgehead atoms. The van der Waals surface area contributed by atoms with Crippen molar-refractivity contribution >= 4 is 22.9 Å². The molecular formula is C31H30F3NO4. The van der Waals surface area contributed by atoms with Gasteiger partial charge in [0.05, 0.1) is 25.0 Å². The van der Waals surface area contributed by atoms with Crippen LogP contribution in [0.1, 0.15) is 53.0 Å².